The average molecular weight is 469 g/mol. The Labute approximate surface area is 190 Å². The van der Waals surface area contributed by atoms with E-state index >= 15 is 0 Å². The van der Waals surface area contributed by atoms with Gasteiger partial charge in [0.05, 0.1) is 10.4 Å². The molecule has 2 heterocycles. The first-order valence-corrected chi connectivity index (χ1v) is 11.9. The summed E-state index contributed by atoms with van der Waals surface area (Å²) < 4.78 is 32.3. The lowest BCUT2D eigenvalue weighted by Gasteiger charge is -2.11. The summed E-state index contributed by atoms with van der Waals surface area (Å²) in [5.41, 5.74) is 3.24. The fourth-order valence-electron chi connectivity index (χ4n) is 3.11. The zero-order chi connectivity index (χ0) is 23.4. The number of nitrogens with zero attached hydrogens (tertiary/aromatic N) is 2. The molecule has 0 fully saturated rings. The second-order valence-corrected chi connectivity index (χ2v) is 9.24. The number of aromatic nitrogens is 3. The molecule has 2 aromatic carbocycles. The molecular formula is C22H24N6O4S. The molecule has 0 unspecified atom stereocenters. The smallest absolute Gasteiger partial charge is 0.408 e. The third-order valence-corrected chi connectivity index (χ3v) is 6.37. The number of fused-ring (bicyclic) bond motifs is 1. The van der Waals surface area contributed by atoms with Crippen LogP contribution in [-0.4, -0.2) is 29.9 Å². The number of anilines is 4. The summed E-state index contributed by atoms with van der Waals surface area (Å²) in [6.07, 6.45) is 3.37. The van der Waals surface area contributed by atoms with Crippen LogP contribution in [-0.2, 0) is 10.0 Å². The highest BCUT2D eigenvalue weighted by Gasteiger charge is 2.13. The van der Waals surface area contributed by atoms with Crippen molar-refractivity contribution in [3.63, 3.8) is 0 Å². The molecule has 2 aromatic heterocycles. The first-order valence-electron chi connectivity index (χ1n) is 10.4. The van der Waals surface area contributed by atoms with Gasteiger partial charge in [-0.15, -0.1) is 0 Å². The van der Waals surface area contributed by atoms with Crippen molar-refractivity contribution in [1.29, 1.82) is 0 Å². The maximum Gasteiger partial charge on any atom is 0.417 e. The minimum atomic E-state index is -3.53. The van der Waals surface area contributed by atoms with E-state index in [1.54, 1.807) is 36.5 Å². The van der Waals surface area contributed by atoms with Crippen LogP contribution >= 0.6 is 0 Å². The predicted molar refractivity (Wildman–Crippen MR) is 127 cm³/mol. The summed E-state index contributed by atoms with van der Waals surface area (Å²) in [5.74, 6) is 0.414. The molecule has 4 aromatic rings. The van der Waals surface area contributed by atoms with Gasteiger partial charge in [0.25, 0.3) is 0 Å². The molecule has 4 rings (SSSR count). The van der Waals surface area contributed by atoms with Crippen LogP contribution in [0.2, 0.25) is 0 Å². The summed E-state index contributed by atoms with van der Waals surface area (Å²) in [4.78, 5) is 23.0. The van der Waals surface area contributed by atoms with Gasteiger partial charge in [0.1, 0.15) is 5.82 Å². The molecular weight excluding hydrogens is 444 g/mol. The van der Waals surface area contributed by atoms with E-state index in [1.165, 1.54) is 12.1 Å². The van der Waals surface area contributed by atoms with Gasteiger partial charge in [-0.05, 0) is 55.8 Å². The number of sulfonamides is 1. The highest BCUT2D eigenvalue weighted by molar-refractivity contribution is 7.89. The number of aromatic amines is 1. The van der Waals surface area contributed by atoms with E-state index in [9.17, 15) is 13.2 Å². The number of hydrogen-bond donors (Lipinski definition) is 4. The Morgan fingerprint density at radius 1 is 1.06 bits per heavy atom. The zero-order valence-corrected chi connectivity index (χ0v) is 19.0. The Morgan fingerprint density at radius 3 is 2.58 bits per heavy atom. The van der Waals surface area contributed by atoms with E-state index in [2.05, 4.69) is 30.3 Å². The Morgan fingerprint density at radius 2 is 1.82 bits per heavy atom. The topological polar surface area (TPSA) is 142 Å². The van der Waals surface area contributed by atoms with Crippen molar-refractivity contribution in [2.75, 3.05) is 17.2 Å². The number of aryl methyl sites for hydroxylation is 1. The first kappa shape index (κ1) is 22.5. The van der Waals surface area contributed by atoms with Crippen molar-refractivity contribution in [2.45, 2.75) is 31.6 Å². The van der Waals surface area contributed by atoms with Gasteiger partial charge in [-0.25, -0.2) is 22.9 Å². The van der Waals surface area contributed by atoms with Gasteiger partial charge in [0.15, 0.2) is 5.58 Å². The van der Waals surface area contributed by atoms with Crippen LogP contribution in [0.15, 0.2) is 62.8 Å². The molecule has 0 bridgehead atoms. The van der Waals surface area contributed by atoms with Crippen LogP contribution in [0.4, 0.5) is 23.1 Å². The molecule has 0 spiro atoms. The lowest BCUT2D eigenvalue weighted by Crippen LogP contribution is -2.24. The van der Waals surface area contributed by atoms with Crippen LogP contribution in [0, 0.1) is 6.92 Å². The number of H-pyrrole nitrogens is 1. The van der Waals surface area contributed by atoms with Crippen molar-refractivity contribution in [3.8, 4) is 0 Å². The van der Waals surface area contributed by atoms with Crippen LogP contribution in [0.25, 0.3) is 11.1 Å². The Hall–Kier alpha value is -3.70. The third-order valence-electron chi connectivity index (χ3n) is 4.90. The molecule has 0 saturated heterocycles. The summed E-state index contributed by atoms with van der Waals surface area (Å²) in [6, 6.07) is 11.6. The van der Waals surface area contributed by atoms with E-state index in [-0.39, 0.29) is 4.90 Å². The largest absolute Gasteiger partial charge is 0.417 e. The summed E-state index contributed by atoms with van der Waals surface area (Å²) in [7, 11) is -3.53. The number of benzene rings is 2. The maximum atomic E-state index is 12.3. The van der Waals surface area contributed by atoms with Crippen molar-refractivity contribution < 1.29 is 12.8 Å². The monoisotopic (exact) mass is 468 g/mol. The minimum absolute atomic E-state index is 0.198. The highest BCUT2D eigenvalue weighted by Crippen LogP contribution is 2.23. The second kappa shape index (κ2) is 9.43. The van der Waals surface area contributed by atoms with E-state index in [0.29, 0.717) is 35.1 Å². The summed E-state index contributed by atoms with van der Waals surface area (Å²) in [5, 5.41) is 6.29. The molecule has 0 amide bonds. The Balaban J connectivity index is 1.48. The quantitative estimate of drug-likeness (QED) is 0.272. The van der Waals surface area contributed by atoms with Crippen molar-refractivity contribution in [3.05, 3.63) is 64.8 Å². The summed E-state index contributed by atoms with van der Waals surface area (Å²) in [6.45, 7) is 4.29. The first-order chi connectivity index (χ1) is 15.8. The third kappa shape index (κ3) is 5.38. The van der Waals surface area contributed by atoms with Gasteiger partial charge >= 0.3 is 5.76 Å². The Bertz CT molecular complexity index is 1430. The lowest BCUT2D eigenvalue weighted by molar-refractivity contribution is 0.555. The van der Waals surface area contributed by atoms with Crippen LogP contribution in [0.5, 0.6) is 0 Å². The molecule has 0 aliphatic carbocycles. The van der Waals surface area contributed by atoms with Gasteiger partial charge in [-0.1, -0.05) is 13.3 Å². The molecule has 0 saturated carbocycles. The van der Waals surface area contributed by atoms with Crippen LogP contribution in [0.1, 0.15) is 25.3 Å². The number of unbranched alkanes of at least 4 members (excludes halogenated alkanes) is 1. The molecule has 172 valence electrons. The SMILES string of the molecule is CCCCNS(=O)(=O)c1ccc(Nc2ncc(C)c(Nc3ccc4oc(=O)[nH]c4c3)n2)cc1. The van der Waals surface area contributed by atoms with Gasteiger partial charge in [-0.3, -0.25) is 4.98 Å². The van der Waals surface area contributed by atoms with Crippen molar-refractivity contribution >= 4 is 44.3 Å². The molecule has 10 nitrogen and oxygen atoms in total. The fourth-order valence-corrected chi connectivity index (χ4v) is 4.18. The maximum absolute atomic E-state index is 12.3. The lowest BCUT2D eigenvalue weighted by atomic mass is 10.2. The number of rotatable bonds is 9. The molecule has 0 atom stereocenters. The molecule has 0 aliphatic heterocycles. The zero-order valence-electron chi connectivity index (χ0n) is 18.2. The fraction of sp³-hybridized carbons (Fsp3) is 0.227. The van der Waals surface area contributed by atoms with E-state index in [4.69, 9.17) is 4.42 Å². The highest BCUT2D eigenvalue weighted by atomic mass is 32.2. The second-order valence-electron chi connectivity index (χ2n) is 7.48. The van der Waals surface area contributed by atoms with E-state index < -0.39 is 15.8 Å². The molecule has 0 aliphatic rings. The van der Waals surface area contributed by atoms with Gasteiger partial charge < -0.3 is 15.1 Å². The molecule has 0 radical (unpaired) electrons. The number of oxazole rings is 1. The Kier molecular flexibility index (Phi) is 6.43. The van der Waals surface area contributed by atoms with E-state index in [0.717, 1.165) is 24.1 Å². The number of hydrogen-bond acceptors (Lipinski definition) is 8. The molecule has 33 heavy (non-hydrogen) atoms. The number of nitrogens with one attached hydrogen (secondary N) is 4. The van der Waals surface area contributed by atoms with E-state index in [1.807, 2.05) is 13.8 Å². The van der Waals surface area contributed by atoms with Crippen LogP contribution in [0.3, 0.4) is 0 Å². The predicted octanol–water partition coefficient (Wildman–Crippen LogP) is 3.79. The van der Waals surface area contributed by atoms with Gasteiger partial charge in [0, 0.05) is 29.7 Å². The standard InChI is InChI=1S/C22H24N6O4S/c1-3-4-11-24-33(30,31)17-8-5-15(6-9-17)26-21-23-13-14(2)20(28-21)25-16-7-10-19-18(12-16)27-22(29)32-19/h5-10,12-13,24H,3-4,11H2,1-2H3,(H,27,29)(H2,23,25,26,28). The van der Waals surface area contributed by atoms with Gasteiger partial charge in [-0.2, -0.15) is 4.98 Å². The molecule has 4 N–H and O–H groups in total. The van der Waals surface area contributed by atoms with Crippen molar-refractivity contribution in [2.24, 2.45) is 0 Å². The summed E-state index contributed by atoms with van der Waals surface area (Å²) >= 11 is 0. The normalized spacial score (nSPS) is 11.6. The molecule has 11 heteroatoms. The van der Waals surface area contributed by atoms with Crippen molar-refractivity contribution in [1.82, 2.24) is 19.7 Å². The van der Waals surface area contributed by atoms with Gasteiger partial charge in [0.2, 0.25) is 16.0 Å². The van der Waals surface area contributed by atoms with Crippen LogP contribution < -0.4 is 21.1 Å². The minimum Gasteiger partial charge on any atom is -0.408 e. The average Bonchev–Trinajstić information content (AvgIpc) is 3.16.